The molecule has 2 aromatic rings. The Labute approximate surface area is 102 Å². The standard InChI is InChI=1S/C11H9ClN2OS/c1-6-9(11(13)15)10(14-16-6)7-2-4-8(12)5-3-7/h2-5H,1H3,(H2,13,15). The van der Waals surface area contributed by atoms with Gasteiger partial charge < -0.3 is 5.73 Å². The molecule has 2 N–H and O–H groups in total. The molecule has 82 valence electrons. The van der Waals surface area contributed by atoms with Crippen molar-refractivity contribution in [3.05, 3.63) is 39.7 Å². The van der Waals surface area contributed by atoms with Gasteiger partial charge in [0.25, 0.3) is 5.91 Å². The van der Waals surface area contributed by atoms with Crippen molar-refractivity contribution in [3.63, 3.8) is 0 Å². The lowest BCUT2D eigenvalue weighted by Gasteiger charge is -2.00. The van der Waals surface area contributed by atoms with Gasteiger partial charge in [0.1, 0.15) is 0 Å². The lowest BCUT2D eigenvalue weighted by atomic mass is 10.1. The highest BCUT2D eigenvalue weighted by atomic mass is 35.5. The van der Waals surface area contributed by atoms with Gasteiger partial charge in [-0.15, -0.1) is 0 Å². The number of hydrogen-bond acceptors (Lipinski definition) is 3. The van der Waals surface area contributed by atoms with E-state index in [1.807, 2.05) is 19.1 Å². The number of carbonyl (C=O) groups excluding carboxylic acids is 1. The fourth-order valence-corrected chi connectivity index (χ4v) is 2.31. The summed E-state index contributed by atoms with van der Waals surface area (Å²) in [7, 11) is 0. The fraction of sp³-hybridized carbons (Fsp3) is 0.0909. The Morgan fingerprint density at radius 3 is 2.56 bits per heavy atom. The number of aryl methyl sites for hydroxylation is 1. The first-order valence-electron chi connectivity index (χ1n) is 4.61. The summed E-state index contributed by atoms with van der Waals surface area (Å²) in [6.45, 7) is 1.83. The minimum Gasteiger partial charge on any atom is -0.365 e. The molecule has 0 saturated carbocycles. The highest BCUT2D eigenvalue weighted by Crippen LogP contribution is 2.28. The lowest BCUT2D eigenvalue weighted by Crippen LogP contribution is -2.12. The van der Waals surface area contributed by atoms with Crippen LogP contribution in [0.4, 0.5) is 0 Å². The normalized spacial score (nSPS) is 10.4. The molecule has 3 nitrogen and oxygen atoms in total. The summed E-state index contributed by atoms with van der Waals surface area (Å²) >= 11 is 7.07. The van der Waals surface area contributed by atoms with Gasteiger partial charge in [-0.25, -0.2) is 0 Å². The number of halogens is 1. The number of nitrogens with two attached hydrogens (primary N) is 1. The third-order valence-corrected chi connectivity index (χ3v) is 3.23. The van der Waals surface area contributed by atoms with E-state index in [4.69, 9.17) is 17.3 Å². The second kappa shape index (κ2) is 4.23. The zero-order chi connectivity index (χ0) is 11.7. The first kappa shape index (κ1) is 11.1. The van der Waals surface area contributed by atoms with E-state index in [0.717, 1.165) is 10.4 Å². The van der Waals surface area contributed by atoms with Crippen molar-refractivity contribution in [2.45, 2.75) is 6.92 Å². The fourth-order valence-electron chi connectivity index (χ4n) is 1.47. The van der Waals surface area contributed by atoms with Crippen LogP contribution in [-0.4, -0.2) is 10.3 Å². The third-order valence-electron chi connectivity index (χ3n) is 2.23. The van der Waals surface area contributed by atoms with Crippen molar-refractivity contribution >= 4 is 29.0 Å². The van der Waals surface area contributed by atoms with Gasteiger partial charge in [0.2, 0.25) is 0 Å². The van der Waals surface area contributed by atoms with Gasteiger partial charge in [-0.1, -0.05) is 23.7 Å². The predicted octanol–water partition coefficient (Wildman–Crippen LogP) is 2.87. The largest absolute Gasteiger partial charge is 0.365 e. The molecule has 2 rings (SSSR count). The van der Waals surface area contributed by atoms with E-state index < -0.39 is 5.91 Å². The lowest BCUT2D eigenvalue weighted by molar-refractivity contribution is 0.100. The number of amides is 1. The Hall–Kier alpha value is -1.39. The molecule has 1 amide bonds. The van der Waals surface area contributed by atoms with E-state index in [0.29, 0.717) is 16.3 Å². The van der Waals surface area contributed by atoms with Crippen molar-refractivity contribution < 1.29 is 4.79 Å². The second-order valence-corrected chi connectivity index (χ2v) is 4.75. The van der Waals surface area contributed by atoms with Gasteiger partial charge in [0.05, 0.1) is 11.3 Å². The first-order chi connectivity index (χ1) is 7.59. The van der Waals surface area contributed by atoms with Crippen LogP contribution in [0.2, 0.25) is 5.02 Å². The molecule has 5 heteroatoms. The van der Waals surface area contributed by atoms with E-state index in [9.17, 15) is 4.79 Å². The molecule has 0 fully saturated rings. The second-order valence-electron chi connectivity index (χ2n) is 3.33. The molecule has 0 bridgehead atoms. The highest BCUT2D eigenvalue weighted by Gasteiger charge is 2.16. The van der Waals surface area contributed by atoms with Crippen LogP contribution >= 0.6 is 23.1 Å². The van der Waals surface area contributed by atoms with Crippen molar-refractivity contribution in [1.82, 2.24) is 4.37 Å². The minimum absolute atomic E-state index is 0.448. The van der Waals surface area contributed by atoms with Crippen molar-refractivity contribution in [3.8, 4) is 11.3 Å². The summed E-state index contributed by atoms with van der Waals surface area (Å²) in [6.07, 6.45) is 0. The van der Waals surface area contributed by atoms with Gasteiger partial charge in [0, 0.05) is 15.5 Å². The number of benzene rings is 1. The van der Waals surface area contributed by atoms with Gasteiger partial charge in [0.15, 0.2) is 0 Å². The maximum atomic E-state index is 11.3. The van der Waals surface area contributed by atoms with Gasteiger partial charge in [-0.3, -0.25) is 4.79 Å². The Bertz CT molecular complexity index is 533. The number of primary amides is 1. The molecule has 0 aliphatic rings. The van der Waals surface area contributed by atoms with E-state index in [1.165, 1.54) is 11.5 Å². The molecule has 0 spiro atoms. The molecule has 1 aromatic carbocycles. The molecule has 0 aliphatic heterocycles. The number of hydrogen-bond donors (Lipinski definition) is 1. The smallest absolute Gasteiger partial charge is 0.252 e. The summed E-state index contributed by atoms with van der Waals surface area (Å²) in [5.41, 5.74) is 7.30. The topological polar surface area (TPSA) is 56.0 Å². The van der Waals surface area contributed by atoms with Crippen LogP contribution in [0, 0.1) is 6.92 Å². The quantitative estimate of drug-likeness (QED) is 0.894. The zero-order valence-corrected chi connectivity index (χ0v) is 10.1. The van der Waals surface area contributed by atoms with Gasteiger partial charge in [-0.2, -0.15) is 4.37 Å². The first-order valence-corrected chi connectivity index (χ1v) is 5.76. The van der Waals surface area contributed by atoms with E-state index in [1.54, 1.807) is 12.1 Å². The van der Waals surface area contributed by atoms with Crippen LogP contribution in [0.5, 0.6) is 0 Å². The number of aromatic nitrogens is 1. The number of nitrogens with zero attached hydrogens (tertiary/aromatic N) is 1. The molecule has 1 aromatic heterocycles. The van der Waals surface area contributed by atoms with E-state index >= 15 is 0 Å². The SMILES string of the molecule is Cc1snc(-c2ccc(Cl)cc2)c1C(N)=O. The Balaban J connectivity index is 2.56. The molecule has 0 unspecified atom stereocenters. The highest BCUT2D eigenvalue weighted by molar-refractivity contribution is 7.06. The van der Waals surface area contributed by atoms with Crippen molar-refractivity contribution in [1.29, 1.82) is 0 Å². The van der Waals surface area contributed by atoms with Crippen LogP contribution in [0.1, 0.15) is 15.2 Å². The predicted molar refractivity (Wildman–Crippen MR) is 65.8 cm³/mol. The van der Waals surface area contributed by atoms with Crippen LogP contribution in [0.25, 0.3) is 11.3 Å². The molecule has 16 heavy (non-hydrogen) atoms. The van der Waals surface area contributed by atoms with E-state index in [2.05, 4.69) is 4.37 Å². The van der Waals surface area contributed by atoms with Crippen molar-refractivity contribution in [2.24, 2.45) is 5.73 Å². The summed E-state index contributed by atoms with van der Waals surface area (Å²) < 4.78 is 4.23. The van der Waals surface area contributed by atoms with Crippen molar-refractivity contribution in [2.75, 3.05) is 0 Å². The molecular weight excluding hydrogens is 244 g/mol. The Morgan fingerprint density at radius 1 is 1.38 bits per heavy atom. The molecule has 0 atom stereocenters. The van der Waals surface area contributed by atoms with Crippen LogP contribution in [0.15, 0.2) is 24.3 Å². The zero-order valence-electron chi connectivity index (χ0n) is 8.53. The maximum absolute atomic E-state index is 11.3. The summed E-state index contributed by atoms with van der Waals surface area (Å²) in [5.74, 6) is -0.448. The Kier molecular flexibility index (Phi) is 2.94. The maximum Gasteiger partial charge on any atom is 0.252 e. The van der Waals surface area contributed by atoms with E-state index in [-0.39, 0.29) is 0 Å². The molecule has 0 aliphatic carbocycles. The third kappa shape index (κ3) is 1.94. The molecule has 0 saturated heterocycles. The number of carbonyl (C=O) groups is 1. The monoisotopic (exact) mass is 252 g/mol. The number of rotatable bonds is 2. The van der Waals surface area contributed by atoms with Crippen LogP contribution < -0.4 is 5.73 Å². The van der Waals surface area contributed by atoms with Crippen LogP contribution in [-0.2, 0) is 0 Å². The molecule has 1 heterocycles. The van der Waals surface area contributed by atoms with Crippen LogP contribution in [0.3, 0.4) is 0 Å². The average Bonchev–Trinajstić information content (AvgIpc) is 2.61. The summed E-state index contributed by atoms with van der Waals surface area (Å²) in [4.78, 5) is 12.1. The van der Waals surface area contributed by atoms with Gasteiger partial charge >= 0.3 is 0 Å². The molecular formula is C11H9ClN2OS. The Morgan fingerprint density at radius 2 is 2.00 bits per heavy atom. The minimum atomic E-state index is -0.448. The summed E-state index contributed by atoms with van der Waals surface area (Å²) in [6, 6.07) is 7.17. The van der Waals surface area contributed by atoms with Gasteiger partial charge in [-0.05, 0) is 30.6 Å². The summed E-state index contributed by atoms with van der Waals surface area (Å²) in [5, 5.41) is 0.649. The molecule has 0 radical (unpaired) electrons. The average molecular weight is 253 g/mol.